The van der Waals surface area contributed by atoms with Gasteiger partial charge in [0.05, 0.1) is 23.1 Å². The predicted molar refractivity (Wildman–Crippen MR) is 63.2 cm³/mol. The molecule has 1 N–H and O–H groups in total. The number of hydrogen-bond acceptors (Lipinski definition) is 4. The van der Waals surface area contributed by atoms with E-state index in [1.165, 1.54) is 13.1 Å². The number of hydrogen-bond donors (Lipinski definition) is 1. The molecular formula is C11H9F3N2O3S. The summed E-state index contributed by atoms with van der Waals surface area (Å²) >= 11 is 0. The van der Waals surface area contributed by atoms with Gasteiger partial charge in [0.2, 0.25) is 5.09 Å². The minimum atomic E-state index is -4.54. The number of nitrogens with zero attached hydrogens (tertiary/aromatic N) is 1. The van der Waals surface area contributed by atoms with Crippen molar-refractivity contribution in [1.82, 2.24) is 9.71 Å². The molecule has 108 valence electrons. The van der Waals surface area contributed by atoms with Crippen molar-refractivity contribution < 1.29 is 26.0 Å². The number of furan rings is 1. The number of sulfonamides is 1. The summed E-state index contributed by atoms with van der Waals surface area (Å²) in [6.07, 6.45) is -2.51. The van der Waals surface area contributed by atoms with Crippen molar-refractivity contribution in [3.8, 4) is 11.3 Å². The lowest BCUT2D eigenvalue weighted by atomic mass is 10.1. The second-order valence-corrected chi connectivity index (χ2v) is 5.54. The second kappa shape index (κ2) is 4.91. The molecule has 0 aliphatic carbocycles. The maximum Gasteiger partial charge on any atom is 0.416 e. The zero-order chi connectivity index (χ0) is 15.0. The van der Waals surface area contributed by atoms with Crippen molar-refractivity contribution in [2.75, 3.05) is 7.05 Å². The normalized spacial score (nSPS) is 12.6. The van der Waals surface area contributed by atoms with Gasteiger partial charge in [-0.05, 0) is 25.2 Å². The van der Waals surface area contributed by atoms with E-state index >= 15 is 0 Å². The van der Waals surface area contributed by atoms with Crippen LogP contribution in [0.4, 0.5) is 13.2 Å². The standard InChI is InChI=1S/C11H9F3N2O3S/c1-15-20(17,18)10-8(3-5-19-10)9-6-7(2-4-16-9)11(12,13)14/h2-6,15H,1H3. The quantitative estimate of drug-likeness (QED) is 0.944. The van der Waals surface area contributed by atoms with Crippen molar-refractivity contribution in [3.05, 3.63) is 36.2 Å². The van der Waals surface area contributed by atoms with E-state index in [1.54, 1.807) is 0 Å². The topological polar surface area (TPSA) is 72.2 Å². The molecule has 0 aromatic carbocycles. The maximum atomic E-state index is 12.6. The molecule has 9 heteroatoms. The Kier molecular flexibility index (Phi) is 3.57. The highest BCUT2D eigenvalue weighted by molar-refractivity contribution is 7.89. The molecule has 0 saturated heterocycles. The van der Waals surface area contributed by atoms with Crippen LogP contribution in [0.2, 0.25) is 0 Å². The number of halogens is 3. The van der Waals surface area contributed by atoms with Gasteiger partial charge in [-0.3, -0.25) is 4.98 Å². The third kappa shape index (κ3) is 2.68. The second-order valence-electron chi connectivity index (χ2n) is 3.76. The van der Waals surface area contributed by atoms with Gasteiger partial charge in [-0.1, -0.05) is 0 Å². The molecule has 5 nitrogen and oxygen atoms in total. The van der Waals surface area contributed by atoms with Crippen LogP contribution in [-0.2, 0) is 16.2 Å². The van der Waals surface area contributed by atoms with Crippen LogP contribution in [0.25, 0.3) is 11.3 Å². The Hall–Kier alpha value is -1.87. The first-order chi connectivity index (χ1) is 9.25. The summed E-state index contributed by atoms with van der Waals surface area (Å²) < 4.78 is 68.1. The van der Waals surface area contributed by atoms with Crippen LogP contribution in [0, 0.1) is 0 Å². The first kappa shape index (κ1) is 14.5. The Labute approximate surface area is 112 Å². The van der Waals surface area contributed by atoms with Gasteiger partial charge in [0, 0.05) is 6.20 Å². The van der Waals surface area contributed by atoms with Crippen LogP contribution in [0.5, 0.6) is 0 Å². The summed E-state index contributed by atoms with van der Waals surface area (Å²) in [4.78, 5) is 3.75. The smallest absolute Gasteiger partial charge is 0.416 e. The van der Waals surface area contributed by atoms with Crippen LogP contribution < -0.4 is 4.72 Å². The Morgan fingerprint density at radius 1 is 1.30 bits per heavy atom. The minimum Gasteiger partial charge on any atom is -0.451 e. The van der Waals surface area contributed by atoms with Gasteiger partial charge in [-0.25, -0.2) is 13.1 Å². The van der Waals surface area contributed by atoms with E-state index in [2.05, 4.69) is 4.98 Å². The molecule has 2 heterocycles. The molecule has 0 fully saturated rings. The molecule has 0 unspecified atom stereocenters. The van der Waals surface area contributed by atoms with E-state index in [4.69, 9.17) is 4.42 Å². The summed E-state index contributed by atoms with van der Waals surface area (Å²) in [5.74, 6) is 0. The molecule has 0 spiro atoms. The molecular weight excluding hydrogens is 297 g/mol. The molecule has 2 rings (SSSR count). The SMILES string of the molecule is CNS(=O)(=O)c1occc1-c1cc(C(F)(F)F)ccn1. The first-order valence-corrected chi connectivity index (χ1v) is 6.78. The number of rotatable bonds is 3. The Morgan fingerprint density at radius 3 is 2.60 bits per heavy atom. The van der Waals surface area contributed by atoms with E-state index in [0.717, 1.165) is 24.6 Å². The Bertz CT molecular complexity index is 723. The third-order valence-corrected chi connectivity index (χ3v) is 3.85. The van der Waals surface area contributed by atoms with E-state index in [9.17, 15) is 21.6 Å². The molecule has 0 saturated carbocycles. The van der Waals surface area contributed by atoms with Crippen molar-refractivity contribution in [3.63, 3.8) is 0 Å². The number of nitrogens with one attached hydrogen (secondary N) is 1. The lowest BCUT2D eigenvalue weighted by Gasteiger charge is -2.08. The average Bonchev–Trinajstić information content (AvgIpc) is 2.88. The summed E-state index contributed by atoms with van der Waals surface area (Å²) in [6, 6.07) is 2.81. The largest absolute Gasteiger partial charge is 0.451 e. The molecule has 0 atom stereocenters. The van der Waals surface area contributed by atoms with Crippen LogP contribution in [0.3, 0.4) is 0 Å². The fraction of sp³-hybridized carbons (Fsp3) is 0.182. The molecule has 0 aliphatic heterocycles. The molecule has 20 heavy (non-hydrogen) atoms. The molecule has 2 aromatic heterocycles. The summed E-state index contributed by atoms with van der Waals surface area (Å²) in [5.41, 5.74) is -1.09. The highest BCUT2D eigenvalue weighted by Crippen LogP contribution is 2.33. The van der Waals surface area contributed by atoms with E-state index in [0.29, 0.717) is 0 Å². The number of alkyl halides is 3. The van der Waals surface area contributed by atoms with Gasteiger partial charge in [-0.15, -0.1) is 0 Å². The van der Waals surface area contributed by atoms with Gasteiger partial charge in [-0.2, -0.15) is 13.2 Å². The van der Waals surface area contributed by atoms with Gasteiger partial charge >= 0.3 is 6.18 Å². The monoisotopic (exact) mass is 306 g/mol. The maximum absolute atomic E-state index is 12.6. The highest BCUT2D eigenvalue weighted by Gasteiger charge is 2.31. The molecule has 0 bridgehead atoms. The Morgan fingerprint density at radius 2 is 2.00 bits per heavy atom. The van der Waals surface area contributed by atoms with Crippen molar-refractivity contribution in [2.45, 2.75) is 11.3 Å². The fourth-order valence-electron chi connectivity index (χ4n) is 1.54. The first-order valence-electron chi connectivity index (χ1n) is 5.30. The minimum absolute atomic E-state index is 0.0366. The van der Waals surface area contributed by atoms with Gasteiger partial charge < -0.3 is 4.42 Å². The summed E-state index contributed by atoms with van der Waals surface area (Å²) in [5, 5.41) is -0.480. The van der Waals surface area contributed by atoms with Crippen LogP contribution >= 0.6 is 0 Å². The average molecular weight is 306 g/mol. The molecule has 0 aliphatic rings. The van der Waals surface area contributed by atoms with Crippen molar-refractivity contribution in [2.24, 2.45) is 0 Å². The predicted octanol–water partition coefficient (Wildman–Crippen LogP) is 2.27. The van der Waals surface area contributed by atoms with Crippen LogP contribution in [-0.4, -0.2) is 20.4 Å². The lowest BCUT2D eigenvalue weighted by molar-refractivity contribution is -0.137. The van der Waals surface area contributed by atoms with Crippen LogP contribution in [0.15, 0.2) is 40.2 Å². The summed E-state index contributed by atoms with van der Waals surface area (Å²) in [7, 11) is -2.75. The van der Waals surface area contributed by atoms with Crippen molar-refractivity contribution >= 4 is 10.0 Å². The number of aromatic nitrogens is 1. The lowest BCUT2D eigenvalue weighted by Crippen LogP contribution is -2.18. The molecule has 2 aromatic rings. The van der Waals surface area contributed by atoms with Crippen molar-refractivity contribution in [1.29, 1.82) is 0 Å². The van der Waals surface area contributed by atoms with Gasteiger partial charge in [0.15, 0.2) is 0 Å². The zero-order valence-electron chi connectivity index (χ0n) is 10.1. The Balaban J connectivity index is 2.57. The van der Waals surface area contributed by atoms with Crippen LogP contribution in [0.1, 0.15) is 5.56 Å². The number of pyridine rings is 1. The fourth-order valence-corrected chi connectivity index (χ4v) is 2.37. The van der Waals surface area contributed by atoms with Gasteiger partial charge in [0.1, 0.15) is 0 Å². The highest BCUT2D eigenvalue weighted by atomic mass is 32.2. The third-order valence-electron chi connectivity index (χ3n) is 2.51. The van der Waals surface area contributed by atoms with E-state index in [1.807, 2.05) is 4.72 Å². The zero-order valence-corrected chi connectivity index (χ0v) is 10.9. The molecule has 0 radical (unpaired) electrons. The van der Waals surface area contributed by atoms with E-state index < -0.39 is 26.9 Å². The van der Waals surface area contributed by atoms with E-state index in [-0.39, 0.29) is 11.3 Å². The van der Waals surface area contributed by atoms with Gasteiger partial charge in [0.25, 0.3) is 10.0 Å². The summed E-state index contributed by atoms with van der Waals surface area (Å²) in [6.45, 7) is 0. The molecule has 0 amide bonds.